The Morgan fingerprint density at radius 3 is 2.27 bits per heavy atom. The van der Waals surface area contributed by atoms with Gasteiger partial charge in [-0.15, -0.1) is 0 Å². The molecular formula is C8H17BrN2O3S. The predicted octanol–water partition coefficient (Wildman–Crippen LogP) is 0.563. The summed E-state index contributed by atoms with van der Waals surface area (Å²) in [7, 11) is -3.27. The zero-order valence-electron chi connectivity index (χ0n) is 9.13. The molecule has 2 N–H and O–H groups in total. The van der Waals surface area contributed by atoms with E-state index in [0.717, 1.165) is 0 Å². The van der Waals surface area contributed by atoms with Crippen LogP contribution in [0.15, 0.2) is 0 Å². The van der Waals surface area contributed by atoms with Crippen LogP contribution in [0, 0.1) is 0 Å². The summed E-state index contributed by atoms with van der Waals surface area (Å²) >= 11 is 2.84. The summed E-state index contributed by atoms with van der Waals surface area (Å²) in [5.74, 6) is -0.167. The lowest BCUT2D eigenvalue weighted by atomic mass is 10.1. The van der Waals surface area contributed by atoms with E-state index >= 15 is 0 Å². The Labute approximate surface area is 99.2 Å². The highest BCUT2D eigenvalue weighted by Gasteiger charge is 2.14. The van der Waals surface area contributed by atoms with Gasteiger partial charge in [-0.25, -0.2) is 13.1 Å². The molecule has 0 rings (SSSR count). The van der Waals surface area contributed by atoms with Crippen LogP contribution in [0.3, 0.4) is 0 Å². The van der Waals surface area contributed by atoms with Crippen molar-refractivity contribution >= 4 is 31.9 Å². The van der Waals surface area contributed by atoms with Crippen molar-refractivity contribution in [3.05, 3.63) is 0 Å². The van der Waals surface area contributed by atoms with E-state index in [4.69, 9.17) is 0 Å². The topological polar surface area (TPSA) is 75.3 Å². The van der Waals surface area contributed by atoms with Gasteiger partial charge in [0.15, 0.2) is 0 Å². The summed E-state index contributed by atoms with van der Waals surface area (Å²) in [4.78, 5) is 11.3. The molecule has 0 saturated heterocycles. The Morgan fingerprint density at radius 1 is 1.33 bits per heavy atom. The van der Waals surface area contributed by atoms with Crippen LogP contribution in [-0.2, 0) is 14.8 Å². The standard InChI is InChI=1S/C8H17BrN2O3S/c1-8(2,3)11-7(12)4-5-10-15(13,14)6-9/h10H,4-6H2,1-3H3,(H,11,12). The van der Waals surface area contributed by atoms with Gasteiger partial charge >= 0.3 is 0 Å². The van der Waals surface area contributed by atoms with Gasteiger partial charge in [0, 0.05) is 18.5 Å². The molecule has 0 aliphatic rings. The second-order valence-corrected chi connectivity index (χ2v) is 7.28. The molecule has 0 aliphatic heterocycles. The monoisotopic (exact) mass is 300 g/mol. The number of rotatable bonds is 5. The van der Waals surface area contributed by atoms with E-state index in [-0.39, 0.29) is 29.1 Å². The first-order chi connectivity index (χ1) is 6.66. The Kier molecular flexibility index (Phi) is 5.76. The summed E-state index contributed by atoms with van der Waals surface area (Å²) in [6, 6.07) is 0. The number of carbonyl (C=O) groups excluding carboxylic acids is 1. The van der Waals surface area contributed by atoms with Crippen molar-refractivity contribution in [2.75, 3.05) is 11.2 Å². The van der Waals surface area contributed by atoms with Crippen molar-refractivity contribution in [3.63, 3.8) is 0 Å². The zero-order chi connectivity index (χ0) is 12.1. The molecule has 0 aliphatic carbocycles. The van der Waals surface area contributed by atoms with Crippen molar-refractivity contribution in [1.82, 2.24) is 10.0 Å². The maximum Gasteiger partial charge on any atom is 0.221 e. The Morgan fingerprint density at radius 2 is 1.87 bits per heavy atom. The van der Waals surface area contributed by atoms with E-state index in [9.17, 15) is 13.2 Å². The molecule has 0 aromatic heterocycles. The average Bonchev–Trinajstić information content (AvgIpc) is 2.00. The lowest BCUT2D eigenvalue weighted by Crippen LogP contribution is -2.42. The number of amides is 1. The third-order valence-corrected chi connectivity index (χ3v) is 4.07. The smallest absolute Gasteiger partial charge is 0.221 e. The van der Waals surface area contributed by atoms with Crippen LogP contribution in [0.4, 0.5) is 0 Å². The first-order valence-corrected chi connectivity index (χ1v) is 7.28. The van der Waals surface area contributed by atoms with Crippen molar-refractivity contribution < 1.29 is 13.2 Å². The molecule has 0 unspecified atom stereocenters. The van der Waals surface area contributed by atoms with Crippen molar-refractivity contribution in [2.24, 2.45) is 0 Å². The minimum absolute atomic E-state index is 0.121. The highest BCUT2D eigenvalue weighted by molar-refractivity contribution is 9.10. The average molecular weight is 301 g/mol. The molecular weight excluding hydrogens is 284 g/mol. The van der Waals surface area contributed by atoms with E-state index < -0.39 is 10.0 Å². The predicted molar refractivity (Wildman–Crippen MR) is 63.2 cm³/mol. The maximum absolute atomic E-state index is 11.3. The maximum atomic E-state index is 11.3. The lowest BCUT2D eigenvalue weighted by molar-refractivity contribution is -0.122. The Hall–Kier alpha value is -0.140. The number of hydrogen-bond acceptors (Lipinski definition) is 3. The van der Waals surface area contributed by atoms with Crippen molar-refractivity contribution in [2.45, 2.75) is 32.7 Å². The van der Waals surface area contributed by atoms with Crippen LogP contribution in [0.2, 0.25) is 0 Å². The van der Waals surface area contributed by atoms with Gasteiger partial charge < -0.3 is 5.32 Å². The molecule has 0 aromatic rings. The number of halogens is 1. The Balaban J connectivity index is 3.84. The first-order valence-electron chi connectivity index (χ1n) is 4.50. The summed E-state index contributed by atoms with van der Waals surface area (Å²) in [5, 5.41) is 2.74. The molecule has 15 heavy (non-hydrogen) atoms. The number of hydrogen-bond donors (Lipinski definition) is 2. The van der Waals surface area contributed by atoms with Crippen LogP contribution in [0.5, 0.6) is 0 Å². The van der Waals surface area contributed by atoms with Crippen molar-refractivity contribution in [3.8, 4) is 0 Å². The number of carbonyl (C=O) groups is 1. The van der Waals surface area contributed by atoms with E-state index in [1.807, 2.05) is 20.8 Å². The molecule has 0 fully saturated rings. The van der Waals surface area contributed by atoms with Gasteiger partial charge in [-0.1, -0.05) is 15.9 Å². The van der Waals surface area contributed by atoms with Gasteiger partial charge in [-0.2, -0.15) is 0 Å². The molecule has 0 saturated carbocycles. The summed E-state index contributed by atoms with van der Waals surface area (Å²) in [6.45, 7) is 5.73. The number of sulfonamides is 1. The van der Waals surface area contributed by atoms with Crippen molar-refractivity contribution in [1.29, 1.82) is 0 Å². The molecule has 0 spiro atoms. The summed E-state index contributed by atoms with van der Waals surface area (Å²) < 4.78 is 24.1. The molecule has 7 heteroatoms. The molecule has 0 heterocycles. The molecule has 90 valence electrons. The normalized spacial score (nSPS) is 12.5. The van der Waals surface area contributed by atoms with Crippen LogP contribution >= 0.6 is 15.9 Å². The Bertz CT molecular complexity index is 308. The number of nitrogens with one attached hydrogen (secondary N) is 2. The SMILES string of the molecule is CC(C)(C)NC(=O)CCNS(=O)(=O)CBr. The minimum atomic E-state index is -3.27. The number of alkyl halides is 1. The van der Waals surface area contributed by atoms with E-state index in [2.05, 4.69) is 26.0 Å². The fourth-order valence-electron chi connectivity index (χ4n) is 0.839. The largest absolute Gasteiger partial charge is 0.351 e. The fourth-order valence-corrected chi connectivity index (χ4v) is 1.82. The van der Waals surface area contributed by atoms with Crippen LogP contribution < -0.4 is 10.0 Å². The van der Waals surface area contributed by atoms with Gasteiger partial charge in [0.2, 0.25) is 15.9 Å². The van der Waals surface area contributed by atoms with Crippen LogP contribution in [-0.4, -0.2) is 31.1 Å². The molecule has 5 nitrogen and oxygen atoms in total. The van der Waals surface area contributed by atoms with Gasteiger partial charge in [0.25, 0.3) is 0 Å². The zero-order valence-corrected chi connectivity index (χ0v) is 11.5. The lowest BCUT2D eigenvalue weighted by Gasteiger charge is -2.20. The van der Waals surface area contributed by atoms with E-state index in [1.165, 1.54) is 0 Å². The molecule has 0 bridgehead atoms. The van der Waals surface area contributed by atoms with E-state index in [0.29, 0.717) is 0 Å². The van der Waals surface area contributed by atoms with Gasteiger partial charge in [-0.3, -0.25) is 4.79 Å². The fraction of sp³-hybridized carbons (Fsp3) is 0.875. The molecule has 0 atom stereocenters. The molecule has 0 aromatic carbocycles. The third kappa shape index (κ3) is 8.83. The summed E-state index contributed by atoms with van der Waals surface area (Å²) in [6.07, 6.45) is 0.142. The van der Waals surface area contributed by atoms with Crippen LogP contribution in [0.1, 0.15) is 27.2 Å². The quantitative estimate of drug-likeness (QED) is 0.729. The second-order valence-electron chi connectivity index (χ2n) is 4.17. The third-order valence-electron chi connectivity index (χ3n) is 1.33. The first kappa shape index (κ1) is 14.9. The van der Waals surface area contributed by atoms with Gasteiger partial charge in [-0.05, 0) is 20.8 Å². The highest BCUT2D eigenvalue weighted by Crippen LogP contribution is 1.99. The van der Waals surface area contributed by atoms with E-state index in [1.54, 1.807) is 0 Å². The minimum Gasteiger partial charge on any atom is -0.351 e. The highest BCUT2D eigenvalue weighted by atomic mass is 79.9. The summed E-state index contributed by atoms with van der Waals surface area (Å²) in [5.41, 5.74) is -0.286. The molecule has 0 radical (unpaired) electrons. The molecule has 1 amide bonds. The van der Waals surface area contributed by atoms with Crippen LogP contribution in [0.25, 0.3) is 0 Å². The van der Waals surface area contributed by atoms with Gasteiger partial charge in [0.1, 0.15) is 4.66 Å². The van der Waals surface area contributed by atoms with Gasteiger partial charge in [0.05, 0.1) is 0 Å². The second kappa shape index (κ2) is 5.81.